The van der Waals surface area contributed by atoms with Gasteiger partial charge in [0.25, 0.3) is 16.7 Å². The zero-order valence-corrected chi connectivity index (χ0v) is 18.5. The van der Waals surface area contributed by atoms with Crippen molar-refractivity contribution in [1.82, 2.24) is 19.5 Å². The number of aromatic nitrogens is 3. The Morgan fingerprint density at radius 1 is 1.12 bits per heavy atom. The van der Waals surface area contributed by atoms with E-state index in [1.807, 2.05) is 6.07 Å². The minimum atomic E-state index is -0.262. The maximum Gasteiger partial charge on any atom is 0.300 e. The second-order valence-corrected chi connectivity index (χ2v) is 8.55. The average Bonchev–Trinajstić information content (AvgIpc) is 3.20. The quantitative estimate of drug-likeness (QED) is 0.564. The molecule has 2 aliphatic rings. The molecule has 1 amide bonds. The second-order valence-electron chi connectivity index (χ2n) is 7.64. The van der Waals surface area contributed by atoms with Crippen molar-refractivity contribution in [3.8, 4) is 16.7 Å². The molecule has 3 aromatic rings. The van der Waals surface area contributed by atoms with Gasteiger partial charge < -0.3 is 9.47 Å². The van der Waals surface area contributed by atoms with E-state index in [1.165, 1.54) is 29.0 Å². The Hall–Kier alpha value is -3.53. The molecule has 0 unspecified atom stereocenters. The van der Waals surface area contributed by atoms with Gasteiger partial charge >= 0.3 is 0 Å². The molecule has 10 heteroatoms. The number of carbonyl (C=O) groups is 1. The van der Waals surface area contributed by atoms with Crippen LogP contribution in [-0.4, -0.2) is 44.9 Å². The number of hydrogen-bond donors (Lipinski definition) is 0. The van der Waals surface area contributed by atoms with Gasteiger partial charge in [0.2, 0.25) is 4.96 Å². The number of nitrogens with zero attached hydrogens (tertiary/aromatic N) is 5. The van der Waals surface area contributed by atoms with E-state index in [4.69, 9.17) is 9.47 Å². The van der Waals surface area contributed by atoms with Crippen molar-refractivity contribution in [2.75, 3.05) is 13.7 Å². The molecule has 0 atom stereocenters. The third-order valence-electron chi connectivity index (χ3n) is 5.35. The highest BCUT2D eigenvalue weighted by molar-refractivity contribution is 7.18. The number of hydrogen-bond acceptors (Lipinski definition) is 8. The lowest BCUT2D eigenvalue weighted by molar-refractivity contribution is -0.122. The van der Waals surface area contributed by atoms with Gasteiger partial charge in [0.1, 0.15) is 11.5 Å². The Morgan fingerprint density at radius 2 is 2.00 bits per heavy atom. The van der Waals surface area contributed by atoms with Crippen LogP contribution in [0.2, 0.25) is 0 Å². The standard InChI is InChI=1S/C22H21N5O4S/c1-13-10-19(28)27-21(23-13)32-22(25-27)31-16-8-7-14(12-17(16)30-2)11-15-20(29)26-9-5-3-4-6-18(26)24-15/h7-8,10-12H,3-6,9H2,1-2H3. The minimum Gasteiger partial charge on any atom is -0.493 e. The number of aryl methyl sites for hydroxylation is 1. The third-order valence-corrected chi connectivity index (χ3v) is 6.14. The molecule has 1 fully saturated rings. The van der Waals surface area contributed by atoms with Crippen LogP contribution < -0.4 is 15.0 Å². The van der Waals surface area contributed by atoms with Gasteiger partial charge in [-0.3, -0.25) is 14.5 Å². The van der Waals surface area contributed by atoms with Crippen molar-refractivity contribution in [1.29, 1.82) is 0 Å². The summed E-state index contributed by atoms with van der Waals surface area (Å²) >= 11 is 1.17. The van der Waals surface area contributed by atoms with E-state index in [0.29, 0.717) is 27.9 Å². The summed E-state index contributed by atoms with van der Waals surface area (Å²) in [7, 11) is 1.54. The topological polar surface area (TPSA) is 98.4 Å². The van der Waals surface area contributed by atoms with Crippen molar-refractivity contribution < 1.29 is 14.3 Å². The molecule has 0 radical (unpaired) electrons. The van der Waals surface area contributed by atoms with Crippen LogP contribution in [-0.2, 0) is 4.79 Å². The number of fused-ring (bicyclic) bond motifs is 2. The normalized spacial score (nSPS) is 17.4. The van der Waals surface area contributed by atoms with Crippen LogP contribution in [0.15, 0.2) is 39.7 Å². The molecule has 0 bridgehead atoms. The van der Waals surface area contributed by atoms with Crippen LogP contribution in [0.25, 0.3) is 11.0 Å². The molecule has 1 aromatic carbocycles. The number of rotatable bonds is 4. The first-order valence-electron chi connectivity index (χ1n) is 10.4. The monoisotopic (exact) mass is 451 g/mol. The van der Waals surface area contributed by atoms with Gasteiger partial charge in [-0.2, -0.15) is 4.52 Å². The summed E-state index contributed by atoms with van der Waals surface area (Å²) in [6.07, 6.45) is 5.78. The highest BCUT2D eigenvalue weighted by Crippen LogP contribution is 2.35. The van der Waals surface area contributed by atoms with Crippen LogP contribution in [0, 0.1) is 6.92 Å². The zero-order valence-electron chi connectivity index (χ0n) is 17.7. The summed E-state index contributed by atoms with van der Waals surface area (Å²) in [5.74, 6) is 1.73. The van der Waals surface area contributed by atoms with E-state index in [1.54, 1.807) is 30.0 Å². The van der Waals surface area contributed by atoms with Gasteiger partial charge in [-0.05, 0) is 54.9 Å². The van der Waals surface area contributed by atoms with Crippen molar-refractivity contribution in [3.05, 3.63) is 51.6 Å². The van der Waals surface area contributed by atoms with Gasteiger partial charge in [0.15, 0.2) is 11.5 Å². The Kier molecular flexibility index (Phi) is 5.22. The molecule has 0 N–H and O–H groups in total. The van der Waals surface area contributed by atoms with Gasteiger partial charge in [-0.1, -0.05) is 12.5 Å². The summed E-state index contributed by atoms with van der Waals surface area (Å²) in [6.45, 7) is 2.48. The lowest BCUT2D eigenvalue weighted by atomic mass is 10.1. The fourth-order valence-electron chi connectivity index (χ4n) is 3.80. The number of carbonyl (C=O) groups excluding carboxylic acids is 1. The molecule has 0 aliphatic carbocycles. The number of amides is 1. The molecule has 5 rings (SSSR count). The predicted octanol–water partition coefficient (Wildman–Crippen LogP) is 3.42. The molecule has 0 saturated carbocycles. The number of ether oxygens (including phenoxy) is 2. The lowest BCUT2D eigenvalue weighted by Crippen LogP contribution is -2.31. The first-order valence-corrected chi connectivity index (χ1v) is 11.2. The largest absolute Gasteiger partial charge is 0.493 e. The molecule has 164 valence electrons. The second kappa shape index (κ2) is 8.19. The molecular weight excluding hydrogens is 430 g/mol. The Morgan fingerprint density at radius 3 is 2.84 bits per heavy atom. The highest BCUT2D eigenvalue weighted by Gasteiger charge is 2.30. The lowest BCUT2D eigenvalue weighted by Gasteiger charge is -2.14. The van der Waals surface area contributed by atoms with Gasteiger partial charge in [0, 0.05) is 24.7 Å². The number of methoxy groups -OCH3 is 1. The molecule has 9 nitrogen and oxygen atoms in total. The fraction of sp³-hybridized carbons (Fsp3) is 0.318. The Balaban J connectivity index is 1.42. The van der Waals surface area contributed by atoms with E-state index < -0.39 is 0 Å². The summed E-state index contributed by atoms with van der Waals surface area (Å²) in [5, 5.41) is 4.46. The molecule has 4 heterocycles. The summed E-state index contributed by atoms with van der Waals surface area (Å²) < 4.78 is 12.6. The third kappa shape index (κ3) is 3.77. The van der Waals surface area contributed by atoms with Crippen molar-refractivity contribution >= 4 is 34.1 Å². The van der Waals surface area contributed by atoms with Crippen LogP contribution in [0.5, 0.6) is 16.7 Å². The molecule has 32 heavy (non-hydrogen) atoms. The number of benzene rings is 1. The molecule has 2 aromatic heterocycles. The maximum atomic E-state index is 12.7. The number of aliphatic imine (C=N–C) groups is 1. The highest BCUT2D eigenvalue weighted by atomic mass is 32.1. The van der Waals surface area contributed by atoms with E-state index in [2.05, 4.69) is 15.1 Å². The number of amidine groups is 1. The van der Waals surface area contributed by atoms with Crippen molar-refractivity contribution in [2.45, 2.75) is 32.6 Å². The molecular formula is C22H21N5O4S. The van der Waals surface area contributed by atoms with Crippen LogP contribution in [0.4, 0.5) is 0 Å². The average molecular weight is 452 g/mol. The summed E-state index contributed by atoms with van der Waals surface area (Å²) in [6, 6.07) is 6.76. The summed E-state index contributed by atoms with van der Waals surface area (Å²) in [5.41, 5.74) is 1.57. The first-order chi connectivity index (χ1) is 15.5. The first kappa shape index (κ1) is 20.4. The van der Waals surface area contributed by atoms with Gasteiger partial charge in [-0.15, -0.1) is 5.10 Å². The SMILES string of the molecule is COc1cc(C=C2N=C3CCCCCN3C2=O)ccc1Oc1nn2c(=O)cc(C)nc2s1. The maximum absolute atomic E-state index is 12.7. The fourth-order valence-corrected chi connectivity index (χ4v) is 4.62. The Labute approximate surface area is 187 Å². The van der Waals surface area contributed by atoms with Crippen molar-refractivity contribution in [2.24, 2.45) is 4.99 Å². The smallest absolute Gasteiger partial charge is 0.300 e. The van der Waals surface area contributed by atoms with E-state index >= 15 is 0 Å². The van der Waals surface area contributed by atoms with Crippen LogP contribution in [0.1, 0.15) is 36.9 Å². The predicted molar refractivity (Wildman–Crippen MR) is 121 cm³/mol. The van der Waals surface area contributed by atoms with Crippen LogP contribution >= 0.6 is 11.3 Å². The van der Waals surface area contributed by atoms with E-state index in [-0.39, 0.29) is 16.7 Å². The van der Waals surface area contributed by atoms with Gasteiger partial charge in [0.05, 0.1) is 7.11 Å². The Bertz CT molecular complexity index is 1340. The molecule has 1 saturated heterocycles. The van der Waals surface area contributed by atoms with E-state index in [0.717, 1.165) is 43.6 Å². The molecule has 0 spiro atoms. The van der Waals surface area contributed by atoms with E-state index in [9.17, 15) is 9.59 Å². The molecule has 2 aliphatic heterocycles. The van der Waals surface area contributed by atoms with Crippen LogP contribution in [0.3, 0.4) is 0 Å². The summed E-state index contributed by atoms with van der Waals surface area (Å²) in [4.78, 5) is 35.9. The van der Waals surface area contributed by atoms with Gasteiger partial charge in [-0.25, -0.2) is 9.98 Å². The minimum absolute atomic E-state index is 0.0519. The zero-order chi connectivity index (χ0) is 22.2. The van der Waals surface area contributed by atoms with Crippen molar-refractivity contribution in [3.63, 3.8) is 0 Å².